The van der Waals surface area contributed by atoms with Gasteiger partial charge in [-0.3, -0.25) is 33.9 Å². The predicted molar refractivity (Wildman–Crippen MR) is 296 cm³/mol. The maximum Gasteiger partial charge on any atom is 0.410 e. The number of aromatic amines is 1. The summed E-state index contributed by atoms with van der Waals surface area (Å²) in [5.74, 6) is -2.61. The van der Waals surface area contributed by atoms with Crippen molar-refractivity contribution in [2.75, 3.05) is 39.4 Å². The molecule has 0 radical (unpaired) electrons. The van der Waals surface area contributed by atoms with Crippen LogP contribution < -0.4 is 14.8 Å². The van der Waals surface area contributed by atoms with Crippen LogP contribution in [0.25, 0.3) is 0 Å². The van der Waals surface area contributed by atoms with Crippen molar-refractivity contribution in [1.82, 2.24) is 25.3 Å². The molecule has 1 aromatic heterocycles. The van der Waals surface area contributed by atoms with Crippen LogP contribution in [0.15, 0.2) is 48.5 Å². The van der Waals surface area contributed by atoms with Gasteiger partial charge in [0.1, 0.15) is 30.6 Å². The highest BCUT2D eigenvalue weighted by molar-refractivity contribution is 5.91. The average Bonchev–Trinajstić information content (AvgIpc) is 3.78. The summed E-state index contributed by atoms with van der Waals surface area (Å²) in [6.45, 7) is 30.4. The second kappa shape index (κ2) is 26.3. The first-order valence-electron chi connectivity index (χ1n) is 27.5. The molecule has 5 rings (SSSR count). The smallest absolute Gasteiger partial charge is 0.410 e. The first-order valence-corrected chi connectivity index (χ1v) is 27.5. The van der Waals surface area contributed by atoms with Crippen LogP contribution in [0, 0.1) is 28.6 Å². The molecule has 5 atom stereocenters. The molecule has 20 heteroatoms. The number of aryl methyl sites for hydroxylation is 1. The van der Waals surface area contributed by atoms with Crippen molar-refractivity contribution < 1.29 is 71.5 Å². The molecule has 2 aliphatic heterocycles. The highest BCUT2D eigenvalue weighted by Gasteiger charge is 2.56. The quantitative estimate of drug-likeness (QED) is 0.0649. The maximum atomic E-state index is 13.9. The second-order valence-corrected chi connectivity index (χ2v) is 25.7. The van der Waals surface area contributed by atoms with Crippen molar-refractivity contribution >= 4 is 41.8 Å². The van der Waals surface area contributed by atoms with E-state index in [1.807, 2.05) is 69.3 Å². The van der Waals surface area contributed by atoms with Gasteiger partial charge in [-0.1, -0.05) is 50.2 Å². The van der Waals surface area contributed by atoms with E-state index in [0.717, 1.165) is 22.4 Å². The largest absolute Gasteiger partial charge is 0.494 e. The van der Waals surface area contributed by atoms with Gasteiger partial charge in [0.15, 0.2) is 12.2 Å². The van der Waals surface area contributed by atoms with E-state index in [2.05, 4.69) is 15.5 Å². The normalized spacial score (nSPS) is 19.1. The van der Waals surface area contributed by atoms with Gasteiger partial charge in [-0.15, -0.1) is 5.10 Å². The number of nitrogens with one attached hydrogen (secondary N) is 2. The Hall–Kier alpha value is -6.70. The van der Waals surface area contributed by atoms with Crippen molar-refractivity contribution in [2.45, 2.75) is 186 Å². The first kappa shape index (κ1) is 64.1. The van der Waals surface area contributed by atoms with Crippen molar-refractivity contribution in [3.63, 3.8) is 0 Å². The molecule has 0 bridgehead atoms. The minimum Gasteiger partial charge on any atom is -0.494 e. The Labute approximate surface area is 471 Å². The molecule has 3 heterocycles. The number of hydrogen-bond donors (Lipinski definition) is 2. The summed E-state index contributed by atoms with van der Waals surface area (Å²) in [5, 5.41) is 10.6. The van der Waals surface area contributed by atoms with Crippen molar-refractivity contribution in [3.05, 3.63) is 76.5 Å². The molecule has 2 N–H and O–H groups in total. The molecular weight excluding hydrogens is 1030 g/mol. The molecule has 0 aliphatic carbocycles. The summed E-state index contributed by atoms with van der Waals surface area (Å²) in [5.41, 5.74) is -1.24. The number of aromatic nitrogens is 2. The van der Waals surface area contributed by atoms with E-state index in [1.165, 1.54) is 0 Å². The fraction of sp³-hybridized carbons (Fsp3) is 0.633. The number of nitrogens with zero attached hydrogens (tertiary/aromatic N) is 3. The van der Waals surface area contributed by atoms with E-state index in [-0.39, 0.29) is 43.2 Å². The predicted octanol–water partition coefficient (Wildman–Crippen LogP) is 8.53. The summed E-state index contributed by atoms with van der Waals surface area (Å²) >= 11 is 0. The Bertz CT molecular complexity index is 2650. The van der Waals surface area contributed by atoms with Crippen LogP contribution in [0.4, 0.5) is 4.79 Å². The first-order chi connectivity index (χ1) is 37.1. The summed E-state index contributed by atoms with van der Waals surface area (Å²) in [6.07, 6.45) is -7.01. The number of piperazine rings is 1. The molecule has 2 saturated heterocycles. The Morgan fingerprint density at radius 2 is 1.25 bits per heavy atom. The number of ether oxygens (including phenoxy) is 8. The zero-order valence-corrected chi connectivity index (χ0v) is 50.1. The summed E-state index contributed by atoms with van der Waals surface area (Å²) < 4.78 is 49.1. The summed E-state index contributed by atoms with van der Waals surface area (Å²) in [4.78, 5) is 97.3. The van der Waals surface area contributed by atoms with E-state index < -0.39 is 94.5 Å². The fourth-order valence-corrected chi connectivity index (χ4v) is 8.33. The number of benzene rings is 2. The van der Waals surface area contributed by atoms with E-state index in [4.69, 9.17) is 37.9 Å². The van der Waals surface area contributed by atoms with Crippen LogP contribution in [-0.4, -0.2) is 137 Å². The van der Waals surface area contributed by atoms with Crippen LogP contribution in [0.1, 0.15) is 157 Å². The number of rotatable bonds is 19. The summed E-state index contributed by atoms with van der Waals surface area (Å²) in [7, 11) is 0. The Balaban J connectivity index is 1.29. The van der Waals surface area contributed by atoms with Gasteiger partial charge in [0, 0.05) is 50.3 Å². The minimum atomic E-state index is -1.56. The van der Waals surface area contributed by atoms with Crippen LogP contribution in [0.2, 0.25) is 0 Å². The Morgan fingerprint density at radius 1 is 0.700 bits per heavy atom. The highest BCUT2D eigenvalue weighted by Crippen LogP contribution is 2.37. The van der Waals surface area contributed by atoms with Crippen LogP contribution in [0.3, 0.4) is 0 Å². The van der Waals surface area contributed by atoms with Crippen molar-refractivity contribution in [3.8, 4) is 11.6 Å². The lowest BCUT2D eigenvalue weighted by Gasteiger charge is -2.45. The van der Waals surface area contributed by atoms with Crippen molar-refractivity contribution in [2.24, 2.45) is 21.7 Å². The molecule has 0 unspecified atom stereocenters. The maximum absolute atomic E-state index is 13.9. The van der Waals surface area contributed by atoms with E-state index in [0.29, 0.717) is 50.3 Å². The van der Waals surface area contributed by atoms with Gasteiger partial charge < -0.3 is 53.0 Å². The molecule has 0 spiro atoms. The second-order valence-electron chi connectivity index (χ2n) is 25.7. The molecule has 3 aromatic rings. The van der Waals surface area contributed by atoms with E-state index in [1.54, 1.807) is 107 Å². The summed E-state index contributed by atoms with van der Waals surface area (Å²) in [6, 6.07) is 15.0. The lowest BCUT2D eigenvalue weighted by Crippen LogP contribution is -2.65. The minimum absolute atomic E-state index is 0.0783. The number of carbonyl (C=O) groups excluding carboxylic acids is 7. The molecule has 80 heavy (non-hydrogen) atoms. The fourth-order valence-electron chi connectivity index (χ4n) is 8.33. The van der Waals surface area contributed by atoms with Gasteiger partial charge in [-0.25, -0.2) is 4.79 Å². The Morgan fingerprint density at radius 3 is 1.80 bits per heavy atom. The lowest BCUT2D eigenvalue weighted by molar-refractivity contribution is -0.294. The lowest BCUT2D eigenvalue weighted by atomic mass is 9.93. The topological polar surface area (TPSA) is 241 Å². The number of esters is 4. The van der Waals surface area contributed by atoms with Gasteiger partial charge in [0.2, 0.25) is 30.1 Å². The van der Waals surface area contributed by atoms with E-state index in [9.17, 15) is 33.6 Å². The van der Waals surface area contributed by atoms with Gasteiger partial charge in [-0.05, 0) is 145 Å². The van der Waals surface area contributed by atoms with Gasteiger partial charge in [0.05, 0.1) is 28.3 Å². The third-order valence-corrected chi connectivity index (χ3v) is 13.3. The highest BCUT2D eigenvalue weighted by atomic mass is 16.7. The monoisotopic (exact) mass is 1120 g/mol. The number of amides is 3. The number of hydrogen-bond acceptors (Lipinski definition) is 16. The SMILES string of the molecule is Cc1cc(OCCCC(=O)NC(C)(C)C(=O)N2CCN(C(=O)OCc3ccccc3)CC2)ccc1Cc1c(O[C@@H]2O[C@H](COC(=O)C(C)(C)C)[C@@H](OC(=O)C(C)(C)C)[C@H](OC(=O)C(C)(C)C)[C@H]2OC(=O)C(C)(C)C)n[nH]c1C(C)C. The Kier molecular flexibility index (Phi) is 21.1. The molecule has 442 valence electrons. The third kappa shape index (κ3) is 17.6. The zero-order valence-electron chi connectivity index (χ0n) is 50.1. The molecule has 2 aromatic carbocycles. The van der Waals surface area contributed by atoms with Crippen LogP contribution >= 0.6 is 0 Å². The van der Waals surface area contributed by atoms with Gasteiger partial charge in [-0.2, -0.15) is 0 Å². The molecular formula is C60H87N5O15. The molecule has 0 saturated carbocycles. The van der Waals surface area contributed by atoms with Gasteiger partial charge in [0.25, 0.3) is 0 Å². The van der Waals surface area contributed by atoms with Crippen LogP contribution in [0.5, 0.6) is 11.6 Å². The van der Waals surface area contributed by atoms with Gasteiger partial charge >= 0.3 is 30.0 Å². The molecule has 3 amide bonds. The zero-order chi connectivity index (χ0) is 59.7. The standard InChI is InChI=1S/C60H87N5O15/c1-36(2)44-41(33-39-25-26-40(32-37(39)3)73-31-21-24-43(66)61-60(16,17)50(67)64-27-29-65(30-28-64)55(72)75-34-38-22-19-18-20-23-38)48(63-62-44)80-49-47(79-54(71)59(13,14)15)46(78-53(70)58(10,11)12)45(77-52(69)57(7,8)9)42(76-49)35-74-51(68)56(4,5)6/h18-20,22-23,25-26,32,36,42,45-47,49H,21,24,27-31,33-35H2,1-17H3,(H,61,66)(H,62,63)/t42-,45-,46+,47-,49+/m1/s1. The van der Waals surface area contributed by atoms with Crippen molar-refractivity contribution in [1.29, 1.82) is 0 Å². The van der Waals surface area contributed by atoms with Crippen LogP contribution in [-0.2, 0) is 70.2 Å². The molecule has 20 nitrogen and oxygen atoms in total. The average molecular weight is 1120 g/mol. The molecule has 2 aliphatic rings. The van der Waals surface area contributed by atoms with E-state index >= 15 is 0 Å². The number of carbonyl (C=O) groups is 7. The third-order valence-electron chi connectivity index (χ3n) is 13.3. The molecule has 2 fully saturated rings. The number of H-pyrrole nitrogens is 1.